The molecule has 1 amide bonds. The first-order valence-corrected chi connectivity index (χ1v) is 6.76. The number of nitrogens with one attached hydrogen (secondary N) is 2. The van der Waals surface area contributed by atoms with Crippen molar-refractivity contribution in [2.75, 3.05) is 5.32 Å². The van der Waals surface area contributed by atoms with Gasteiger partial charge in [0.2, 0.25) is 5.91 Å². The van der Waals surface area contributed by atoms with E-state index in [1.54, 1.807) is 6.20 Å². The van der Waals surface area contributed by atoms with Crippen LogP contribution in [0.15, 0.2) is 48.7 Å². The van der Waals surface area contributed by atoms with Crippen LogP contribution in [0.4, 0.5) is 5.69 Å². The molecule has 0 unspecified atom stereocenters. The van der Waals surface area contributed by atoms with E-state index in [1.807, 2.05) is 42.5 Å². The van der Waals surface area contributed by atoms with E-state index in [9.17, 15) is 4.79 Å². The highest BCUT2D eigenvalue weighted by molar-refractivity contribution is 5.94. The van der Waals surface area contributed by atoms with Gasteiger partial charge < -0.3 is 11.1 Å². The highest BCUT2D eigenvalue weighted by Crippen LogP contribution is 2.17. The molecular weight excluding hydrogens is 264 g/mol. The van der Waals surface area contributed by atoms with Crippen LogP contribution in [0.1, 0.15) is 11.1 Å². The van der Waals surface area contributed by atoms with Gasteiger partial charge in [-0.1, -0.05) is 24.3 Å². The highest BCUT2D eigenvalue weighted by Gasteiger charge is 2.08. The molecule has 21 heavy (non-hydrogen) atoms. The zero-order chi connectivity index (χ0) is 14.7. The fourth-order valence-electron chi connectivity index (χ4n) is 2.33. The monoisotopic (exact) mass is 280 g/mol. The Morgan fingerprint density at radius 3 is 2.81 bits per heavy atom. The molecule has 0 fully saturated rings. The molecule has 0 saturated carbocycles. The molecule has 3 aromatic rings. The van der Waals surface area contributed by atoms with E-state index in [-0.39, 0.29) is 5.91 Å². The van der Waals surface area contributed by atoms with Gasteiger partial charge in [0.25, 0.3) is 0 Å². The van der Waals surface area contributed by atoms with Crippen LogP contribution in [-0.2, 0) is 17.8 Å². The summed E-state index contributed by atoms with van der Waals surface area (Å²) in [5.74, 6) is -0.0567. The first-order valence-electron chi connectivity index (χ1n) is 6.76. The number of H-pyrrole nitrogens is 1. The van der Waals surface area contributed by atoms with Crippen molar-refractivity contribution in [3.05, 3.63) is 59.8 Å². The lowest BCUT2D eigenvalue weighted by Crippen LogP contribution is -2.16. The Bertz CT molecular complexity index is 779. The lowest BCUT2D eigenvalue weighted by molar-refractivity contribution is -0.115. The van der Waals surface area contributed by atoms with Crippen LogP contribution in [0.3, 0.4) is 0 Å². The summed E-state index contributed by atoms with van der Waals surface area (Å²) < 4.78 is 0. The maximum atomic E-state index is 12.1. The van der Waals surface area contributed by atoms with Gasteiger partial charge in [0, 0.05) is 17.6 Å². The normalized spacial score (nSPS) is 10.7. The number of carbonyl (C=O) groups is 1. The third kappa shape index (κ3) is 2.93. The summed E-state index contributed by atoms with van der Waals surface area (Å²) in [6.07, 6.45) is 2.05. The Kier molecular flexibility index (Phi) is 3.66. The Balaban J connectivity index is 1.73. The SMILES string of the molecule is NCc1ccccc1CC(=O)Nc1ccc2[nH]ncc2c1. The molecule has 0 aliphatic rings. The summed E-state index contributed by atoms with van der Waals surface area (Å²) in [5.41, 5.74) is 9.35. The molecule has 106 valence electrons. The van der Waals surface area contributed by atoms with Gasteiger partial charge >= 0.3 is 0 Å². The zero-order valence-electron chi connectivity index (χ0n) is 11.5. The number of aromatic nitrogens is 2. The summed E-state index contributed by atoms with van der Waals surface area (Å²) in [4.78, 5) is 12.1. The molecule has 3 rings (SSSR count). The third-order valence-corrected chi connectivity index (χ3v) is 3.41. The molecule has 4 N–H and O–H groups in total. The lowest BCUT2D eigenvalue weighted by atomic mass is 10.0. The van der Waals surface area contributed by atoms with Crippen LogP contribution in [-0.4, -0.2) is 16.1 Å². The Hall–Kier alpha value is -2.66. The number of nitrogens with two attached hydrogens (primary N) is 1. The van der Waals surface area contributed by atoms with Crippen molar-refractivity contribution in [2.45, 2.75) is 13.0 Å². The summed E-state index contributed by atoms with van der Waals surface area (Å²) in [6.45, 7) is 0.435. The van der Waals surface area contributed by atoms with Gasteiger partial charge in [-0.2, -0.15) is 5.10 Å². The van der Waals surface area contributed by atoms with Gasteiger partial charge in [0.1, 0.15) is 0 Å². The zero-order valence-corrected chi connectivity index (χ0v) is 11.5. The van der Waals surface area contributed by atoms with Gasteiger partial charge in [0.15, 0.2) is 0 Å². The number of carbonyl (C=O) groups excluding carboxylic acids is 1. The Labute approximate surface area is 122 Å². The number of nitrogens with zero attached hydrogens (tertiary/aromatic N) is 1. The van der Waals surface area contributed by atoms with Crippen LogP contribution in [0.2, 0.25) is 0 Å². The summed E-state index contributed by atoms with van der Waals surface area (Å²) in [6, 6.07) is 13.4. The number of amides is 1. The van der Waals surface area contributed by atoms with Crippen LogP contribution in [0.25, 0.3) is 10.9 Å². The minimum atomic E-state index is -0.0567. The molecule has 2 aromatic carbocycles. The second-order valence-electron chi connectivity index (χ2n) is 4.87. The minimum absolute atomic E-state index is 0.0567. The number of anilines is 1. The van der Waals surface area contributed by atoms with Gasteiger partial charge in [-0.25, -0.2) is 0 Å². The molecule has 5 heteroatoms. The van der Waals surface area contributed by atoms with Crippen molar-refractivity contribution < 1.29 is 4.79 Å². The second kappa shape index (κ2) is 5.76. The molecule has 0 atom stereocenters. The van der Waals surface area contributed by atoms with Crippen LogP contribution >= 0.6 is 0 Å². The van der Waals surface area contributed by atoms with Crippen molar-refractivity contribution in [3.63, 3.8) is 0 Å². The quantitative estimate of drug-likeness (QED) is 0.685. The molecular formula is C16H16N4O. The second-order valence-corrected chi connectivity index (χ2v) is 4.87. The Morgan fingerprint density at radius 2 is 2.00 bits per heavy atom. The largest absolute Gasteiger partial charge is 0.326 e. The van der Waals surface area contributed by atoms with Crippen molar-refractivity contribution >= 4 is 22.5 Å². The fourth-order valence-corrected chi connectivity index (χ4v) is 2.33. The number of hydrogen-bond acceptors (Lipinski definition) is 3. The highest BCUT2D eigenvalue weighted by atomic mass is 16.1. The average molecular weight is 280 g/mol. The molecule has 0 radical (unpaired) electrons. The van der Waals surface area contributed by atoms with E-state index in [1.165, 1.54) is 0 Å². The van der Waals surface area contributed by atoms with Crippen molar-refractivity contribution in [2.24, 2.45) is 5.73 Å². The molecule has 1 heterocycles. The summed E-state index contributed by atoms with van der Waals surface area (Å²) in [7, 11) is 0. The number of benzene rings is 2. The van der Waals surface area contributed by atoms with Crippen molar-refractivity contribution in [1.82, 2.24) is 10.2 Å². The number of rotatable bonds is 4. The maximum absolute atomic E-state index is 12.1. The number of hydrogen-bond donors (Lipinski definition) is 3. The van der Waals surface area contributed by atoms with E-state index < -0.39 is 0 Å². The predicted molar refractivity (Wildman–Crippen MR) is 82.8 cm³/mol. The van der Waals surface area contributed by atoms with E-state index in [0.29, 0.717) is 13.0 Å². The first-order chi connectivity index (χ1) is 10.3. The summed E-state index contributed by atoms with van der Waals surface area (Å²) >= 11 is 0. The van der Waals surface area contributed by atoms with E-state index >= 15 is 0 Å². The van der Waals surface area contributed by atoms with Crippen LogP contribution in [0, 0.1) is 0 Å². The third-order valence-electron chi connectivity index (χ3n) is 3.41. The standard InChI is InChI=1S/C16H16N4O/c17-9-12-4-2-1-3-11(12)8-16(21)19-14-5-6-15-13(7-14)10-18-20-15/h1-7,10H,8-9,17H2,(H,18,20)(H,19,21). The van der Waals surface area contributed by atoms with Crippen LogP contribution < -0.4 is 11.1 Å². The van der Waals surface area contributed by atoms with Gasteiger partial charge in [0.05, 0.1) is 18.1 Å². The first kappa shape index (κ1) is 13.3. The number of aromatic amines is 1. The van der Waals surface area contributed by atoms with E-state index in [4.69, 9.17) is 5.73 Å². The van der Waals surface area contributed by atoms with Crippen molar-refractivity contribution in [3.8, 4) is 0 Å². The minimum Gasteiger partial charge on any atom is -0.326 e. The maximum Gasteiger partial charge on any atom is 0.228 e. The predicted octanol–water partition coefficient (Wildman–Crippen LogP) is 2.20. The fraction of sp³-hybridized carbons (Fsp3) is 0.125. The van der Waals surface area contributed by atoms with Crippen molar-refractivity contribution in [1.29, 1.82) is 0 Å². The molecule has 0 bridgehead atoms. The molecule has 1 aromatic heterocycles. The van der Waals surface area contributed by atoms with E-state index in [0.717, 1.165) is 27.7 Å². The molecule has 5 nitrogen and oxygen atoms in total. The molecule has 0 aliphatic carbocycles. The van der Waals surface area contributed by atoms with Gasteiger partial charge in [-0.15, -0.1) is 0 Å². The topological polar surface area (TPSA) is 83.8 Å². The smallest absolute Gasteiger partial charge is 0.228 e. The van der Waals surface area contributed by atoms with Gasteiger partial charge in [-0.05, 0) is 29.3 Å². The Morgan fingerprint density at radius 1 is 1.19 bits per heavy atom. The van der Waals surface area contributed by atoms with E-state index in [2.05, 4.69) is 15.5 Å². The molecule has 0 spiro atoms. The molecule has 0 saturated heterocycles. The van der Waals surface area contributed by atoms with Gasteiger partial charge in [-0.3, -0.25) is 9.89 Å². The lowest BCUT2D eigenvalue weighted by Gasteiger charge is -2.08. The average Bonchev–Trinajstić information content (AvgIpc) is 2.95. The number of fused-ring (bicyclic) bond motifs is 1. The van der Waals surface area contributed by atoms with Crippen LogP contribution in [0.5, 0.6) is 0 Å². The molecule has 0 aliphatic heterocycles. The summed E-state index contributed by atoms with van der Waals surface area (Å²) in [5, 5.41) is 10.7.